The Balaban J connectivity index is 1.70. The van der Waals surface area contributed by atoms with E-state index in [1.54, 1.807) is 11.3 Å². The average molecular weight is 367 g/mol. The van der Waals surface area contributed by atoms with Crippen LogP contribution in [-0.2, 0) is 0 Å². The van der Waals surface area contributed by atoms with Crippen LogP contribution in [0, 0.1) is 0 Å². The van der Waals surface area contributed by atoms with E-state index in [4.69, 9.17) is 4.98 Å². The van der Waals surface area contributed by atoms with Crippen LogP contribution in [0.2, 0.25) is 0 Å². The number of tetrazole rings is 1. The van der Waals surface area contributed by atoms with Gasteiger partial charge in [0.25, 0.3) is 0 Å². The number of H-pyrrole nitrogens is 1. The smallest absolute Gasteiger partial charge is 0.204 e. The van der Waals surface area contributed by atoms with Gasteiger partial charge in [0.15, 0.2) is 0 Å². The Morgan fingerprint density at radius 1 is 1.15 bits per heavy atom. The number of benzene rings is 1. The molecule has 8 heteroatoms. The molecule has 1 aromatic carbocycles. The van der Waals surface area contributed by atoms with Crippen LogP contribution in [0.15, 0.2) is 29.6 Å². The zero-order valence-corrected chi connectivity index (χ0v) is 15.7. The van der Waals surface area contributed by atoms with Gasteiger partial charge in [0.05, 0.1) is 5.52 Å². The molecule has 4 aromatic rings. The summed E-state index contributed by atoms with van der Waals surface area (Å²) in [6, 6.07) is 8.27. The molecule has 3 heterocycles. The summed E-state index contributed by atoms with van der Waals surface area (Å²) in [7, 11) is 0. The maximum Gasteiger partial charge on any atom is 0.204 e. The predicted molar refractivity (Wildman–Crippen MR) is 107 cm³/mol. The van der Waals surface area contributed by atoms with Gasteiger partial charge in [0, 0.05) is 34.1 Å². The molecule has 0 fully saturated rings. The fraction of sp³-hybridized carbons (Fsp3) is 0.333. The van der Waals surface area contributed by atoms with Crippen molar-refractivity contribution in [3.8, 4) is 11.4 Å². The Morgan fingerprint density at radius 2 is 2.04 bits per heavy atom. The number of anilines is 1. The highest BCUT2D eigenvalue weighted by molar-refractivity contribution is 7.18. The number of fused-ring (bicyclic) bond motifs is 3. The summed E-state index contributed by atoms with van der Waals surface area (Å²) >= 11 is 1.74. The van der Waals surface area contributed by atoms with Gasteiger partial charge in [-0.25, -0.2) is 4.98 Å². The Hall–Kier alpha value is -2.58. The molecule has 4 rings (SSSR count). The minimum atomic E-state index is 0.580. The van der Waals surface area contributed by atoms with Gasteiger partial charge in [-0.3, -0.25) is 0 Å². The number of aromatic amines is 1. The van der Waals surface area contributed by atoms with Crippen LogP contribution in [0.4, 0.5) is 5.82 Å². The van der Waals surface area contributed by atoms with E-state index in [1.165, 1.54) is 10.1 Å². The number of rotatable bonds is 7. The van der Waals surface area contributed by atoms with Crippen molar-refractivity contribution in [3.63, 3.8) is 0 Å². The van der Waals surface area contributed by atoms with Crippen LogP contribution in [-0.4, -0.2) is 56.7 Å². The molecule has 26 heavy (non-hydrogen) atoms. The van der Waals surface area contributed by atoms with Crippen molar-refractivity contribution in [3.05, 3.63) is 29.6 Å². The largest absolute Gasteiger partial charge is 0.368 e. The lowest BCUT2D eigenvalue weighted by Gasteiger charge is -2.18. The van der Waals surface area contributed by atoms with Gasteiger partial charge in [-0.2, -0.15) is 5.21 Å². The van der Waals surface area contributed by atoms with Gasteiger partial charge in [0.1, 0.15) is 5.82 Å². The number of nitrogens with one attached hydrogen (secondary N) is 2. The van der Waals surface area contributed by atoms with E-state index in [2.05, 4.69) is 62.2 Å². The number of hydrogen-bond donors (Lipinski definition) is 2. The summed E-state index contributed by atoms with van der Waals surface area (Å²) < 4.78 is 1.25. The molecule has 0 unspecified atom stereocenters. The van der Waals surface area contributed by atoms with Crippen molar-refractivity contribution >= 4 is 38.1 Å². The lowest BCUT2D eigenvalue weighted by molar-refractivity contribution is 0.316. The molecule has 0 amide bonds. The van der Waals surface area contributed by atoms with E-state index < -0.39 is 0 Å². The molecule has 0 radical (unpaired) electrons. The molecule has 0 aliphatic carbocycles. The monoisotopic (exact) mass is 367 g/mol. The highest BCUT2D eigenvalue weighted by atomic mass is 32.1. The number of hydrogen-bond acceptors (Lipinski definition) is 7. The third-order valence-electron chi connectivity index (χ3n) is 4.61. The third-order valence-corrected chi connectivity index (χ3v) is 5.56. The molecule has 0 aliphatic rings. The molecule has 0 saturated heterocycles. The number of pyridine rings is 1. The summed E-state index contributed by atoms with van der Waals surface area (Å²) in [5, 5.41) is 22.2. The first-order valence-electron chi connectivity index (χ1n) is 8.81. The SMILES string of the molecule is CCN(CC)CCNc1nc2cc(-c3nn[nH]n3)ccc2c2sccc12. The van der Waals surface area contributed by atoms with Gasteiger partial charge >= 0.3 is 0 Å². The predicted octanol–water partition coefficient (Wildman–Crippen LogP) is 3.38. The molecule has 0 bridgehead atoms. The van der Waals surface area contributed by atoms with E-state index in [-0.39, 0.29) is 0 Å². The third kappa shape index (κ3) is 3.13. The molecular weight excluding hydrogens is 346 g/mol. The first-order chi connectivity index (χ1) is 12.8. The highest BCUT2D eigenvalue weighted by Gasteiger charge is 2.12. The molecule has 0 spiro atoms. The van der Waals surface area contributed by atoms with Crippen LogP contribution < -0.4 is 5.32 Å². The summed E-state index contributed by atoms with van der Waals surface area (Å²) in [5.74, 6) is 1.52. The second kappa shape index (κ2) is 7.35. The van der Waals surface area contributed by atoms with Crippen LogP contribution in [0.1, 0.15) is 13.8 Å². The van der Waals surface area contributed by atoms with Crippen molar-refractivity contribution in [2.24, 2.45) is 0 Å². The Kier molecular flexibility index (Phi) is 4.77. The molecule has 0 atom stereocenters. The van der Waals surface area contributed by atoms with Crippen LogP contribution in [0.5, 0.6) is 0 Å². The number of aromatic nitrogens is 5. The average Bonchev–Trinajstić information content (AvgIpc) is 3.36. The Bertz CT molecular complexity index is 1010. The minimum Gasteiger partial charge on any atom is -0.368 e. The second-order valence-electron chi connectivity index (χ2n) is 6.04. The lowest BCUT2D eigenvalue weighted by atomic mass is 10.1. The number of nitrogens with zero attached hydrogens (tertiary/aromatic N) is 5. The quantitative estimate of drug-likeness (QED) is 0.521. The molecule has 2 N–H and O–H groups in total. The van der Waals surface area contributed by atoms with Crippen molar-refractivity contribution in [2.75, 3.05) is 31.5 Å². The topological polar surface area (TPSA) is 82.6 Å². The van der Waals surface area contributed by atoms with Crippen molar-refractivity contribution in [1.29, 1.82) is 0 Å². The van der Waals surface area contributed by atoms with Gasteiger partial charge in [-0.05, 0) is 35.8 Å². The summed E-state index contributed by atoms with van der Waals surface area (Å²) in [6.07, 6.45) is 0. The summed E-state index contributed by atoms with van der Waals surface area (Å²) in [6.45, 7) is 8.37. The van der Waals surface area contributed by atoms with Crippen molar-refractivity contribution < 1.29 is 0 Å². The first-order valence-corrected chi connectivity index (χ1v) is 9.69. The van der Waals surface area contributed by atoms with Crippen LogP contribution >= 0.6 is 11.3 Å². The normalized spacial score (nSPS) is 11.7. The van der Waals surface area contributed by atoms with E-state index in [0.29, 0.717) is 5.82 Å². The van der Waals surface area contributed by atoms with Gasteiger partial charge < -0.3 is 10.2 Å². The summed E-state index contributed by atoms with van der Waals surface area (Å²) in [5.41, 5.74) is 1.84. The second-order valence-corrected chi connectivity index (χ2v) is 6.96. The first kappa shape index (κ1) is 16.9. The molecule has 134 valence electrons. The zero-order valence-electron chi connectivity index (χ0n) is 14.9. The molecule has 7 nitrogen and oxygen atoms in total. The van der Waals surface area contributed by atoms with E-state index in [1.807, 2.05) is 12.1 Å². The van der Waals surface area contributed by atoms with E-state index in [0.717, 1.165) is 48.5 Å². The van der Waals surface area contributed by atoms with E-state index >= 15 is 0 Å². The molecule has 0 aliphatic heterocycles. The molecule has 3 aromatic heterocycles. The standard InChI is InChI=1S/C18H21N7S/c1-3-25(4-2)9-8-19-18-14-7-10-26-16(14)13-6-5-12(11-15(13)20-18)17-21-23-24-22-17/h5-7,10-11H,3-4,8-9H2,1-2H3,(H,19,20)(H,21,22,23,24). The zero-order chi connectivity index (χ0) is 17.9. The van der Waals surface area contributed by atoms with Crippen molar-refractivity contribution in [1.82, 2.24) is 30.5 Å². The Labute approximate surface area is 155 Å². The van der Waals surface area contributed by atoms with Crippen molar-refractivity contribution in [2.45, 2.75) is 13.8 Å². The van der Waals surface area contributed by atoms with Crippen LogP contribution in [0.3, 0.4) is 0 Å². The lowest BCUT2D eigenvalue weighted by Crippen LogP contribution is -2.28. The summed E-state index contributed by atoms with van der Waals surface area (Å²) in [4.78, 5) is 7.28. The maximum absolute atomic E-state index is 4.89. The van der Waals surface area contributed by atoms with Gasteiger partial charge in [0.2, 0.25) is 5.82 Å². The van der Waals surface area contributed by atoms with Crippen LogP contribution in [0.25, 0.3) is 32.4 Å². The Morgan fingerprint density at radius 3 is 2.81 bits per heavy atom. The van der Waals surface area contributed by atoms with E-state index in [9.17, 15) is 0 Å². The van der Waals surface area contributed by atoms with Gasteiger partial charge in [-0.15, -0.1) is 21.5 Å². The highest BCUT2D eigenvalue weighted by Crippen LogP contribution is 2.34. The number of likely N-dealkylation sites (N-methyl/N-ethyl adjacent to an activating group) is 1. The minimum absolute atomic E-state index is 0.580. The van der Waals surface area contributed by atoms with Gasteiger partial charge in [-0.1, -0.05) is 26.0 Å². The fourth-order valence-corrected chi connectivity index (χ4v) is 4.06. The molecular formula is C18H21N7S. The molecule has 0 saturated carbocycles. The fourth-order valence-electron chi connectivity index (χ4n) is 3.13. The maximum atomic E-state index is 4.89. The number of thiophene rings is 1.